The number of carboxylic acid groups (broad SMARTS) is 1. The van der Waals surface area contributed by atoms with Crippen molar-refractivity contribution in [1.82, 2.24) is 20.2 Å². The zero-order chi connectivity index (χ0) is 19.3. The van der Waals surface area contributed by atoms with Gasteiger partial charge >= 0.3 is 12.0 Å². The Balaban J connectivity index is 0.000000352. The van der Waals surface area contributed by atoms with Crippen molar-refractivity contribution in [3.8, 4) is 0 Å². The number of hydroxylamine groups is 1. The van der Waals surface area contributed by atoms with Crippen LogP contribution in [0.25, 0.3) is 4.96 Å². The summed E-state index contributed by atoms with van der Waals surface area (Å²) < 4.78 is 1.52. The van der Waals surface area contributed by atoms with Crippen LogP contribution in [0.1, 0.15) is 40.2 Å². The third kappa shape index (κ3) is 4.17. The van der Waals surface area contributed by atoms with E-state index in [4.69, 9.17) is 5.21 Å². The minimum Gasteiger partial charge on any atom is -0.477 e. The summed E-state index contributed by atoms with van der Waals surface area (Å²) in [6.07, 6.45) is 6.84. The monoisotopic (exact) mass is 400 g/mol. The molecule has 0 radical (unpaired) electrons. The molecule has 0 spiro atoms. The molecule has 11 heteroatoms. The van der Waals surface area contributed by atoms with Gasteiger partial charge in [-0.15, -0.1) is 23.1 Å². The number of carbonyl (C=O) groups is 2. The summed E-state index contributed by atoms with van der Waals surface area (Å²) in [6.45, 7) is 0. The number of amides is 2. The van der Waals surface area contributed by atoms with Crippen LogP contribution in [0.2, 0.25) is 0 Å². The van der Waals surface area contributed by atoms with Gasteiger partial charge in [0.1, 0.15) is 5.03 Å². The van der Waals surface area contributed by atoms with Gasteiger partial charge in [-0.3, -0.25) is 14.4 Å². The summed E-state index contributed by atoms with van der Waals surface area (Å²) in [4.78, 5) is 39.8. The highest BCUT2D eigenvalue weighted by molar-refractivity contribution is 7.98. The number of aromatic carboxylic acids is 1. The molecule has 2 aromatic rings. The summed E-state index contributed by atoms with van der Waals surface area (Å²) >= 11 is 2.73. The molecule has 0 saturated carbocycles. The highest BCUT2D eigenvalue weighted by atomic mass is 32.2. The molecule has 0 aliphatic heterocycles. The first-order valence-electron chi connectivity index (χ1n) is 7.91. The third-order valence-corrected chi connectivity index (χ3v) is 5.70. The Morgan fingerprint density at radius 1 is 1.27 bits per heavy atom. The van der Waals surface area contributed by atoms with Crippen molar-refractivity contribution >= 4 is 40.1 Å². The summed E-state index contributed by atoms with van der Waals surface area (Å²) in [5.74, 6) is -1.20. The highest BCUT2D eigenvalue weighted by Gasteiger charge is 2.23. The maximum atomic E-state index is 12.5. The molecule has 0 unspecified atom stereocenters. The summed E-state index contributed by atoms with van der Waals surface area (Å²) in [6, 6.07) is -0.602. The second-order valence-corrected chi connectivity index (χ2v) is 7.30. The predicted molar refractivity (Wildman–Crippen MR) is 98.7 cm³/mol. The number of fused-ring (bicyclic) bond motifs is 3. The maximum absolute atomic E-state index is 12.5. The quantitative estimate of drug-likeness (QED) is 0.198. The topological polar surface area (TPSA) is 133 Å². The van der Waals surface area contributed by atoms with Crippen molar-refractivity contribution in [2.45, 2.75) is 37.1 Å². The molecular formula is C15H20N4O5S2. The van der Waals surface area contributed by atoms with Gasteiger partial charge in [0.2, 0.25) is 0 Å². The van der Waals surface area contributed by atoms with E-state index in [1.54, 1.807) is 6.26 Å². The largest absolute Gasteiger partial charge is 0.477 e. The molecule has 1 aliphatic rings. The van der Waals surface area contributed by atoms with E-state index in [-0.39, 0.29) is 5.56 Å². The minimum atomic E-state index is -1.20. The molecule has 0 bridgehead atoms. The molecule has 0 atom stereocenters. The zero-order valence-electron chi connectivity index (χ0n) is 14.4. The fourth-order valence-corrected chi connectivity index (χ4v) is 4.48. The number of thiazole rings is 1. The molecule has 0 aromatic carbocycles. The lowest BCUT2D eigenvalue weighted by molar-refractivity contribution is 0.0690. The van der Waals surface area contributed by atoms with Gasteiger partial charge in [-0.1, -0.05) is 6.42 Å². The van der Waals surface area contributed by atoms with Crippen molar-refractivity contribution < 1.29 is 19.9 Å². The van der Waals surface area contributed by atoms with Crippen LogP contribution in [0.3, 0.4) is 0 Å². The second-order valence-electron chi connectivity index (χ2n) is 5.45. The summed E-state index contributed by atoms with van der Waals surface area (Å²) in [5.41, 5.74) is 1.69. The zero-order valence-corrected chi connectivity index (χ0v) is 16.0. The number of carboxylic acids is 1. The van der Waals surface area contributed by atoms with Gasteiger partial charge in [0, 0.05) is 17.6 Å². The minimum absolute atomic E-state index is 0.208. The first-order chi connectivity index (χ1) is 12.4. The molecular weight excluding hydrogens is 380 g/mol. The Morgan fingerprint density at radius 3 is 2.50 bits per heavy atom. The fourth-order valence-electron chi connectivity index (χ4n) is 2.67. The van der Waals surface area contributed by atoms with E-state index >= 15 is 0 Å². The molecule has 3 rings (SSSR count). The predicted octanol–water partition coefficient (Wildman–Crippen LogP) is 1.75. The maximum Gasteiger partial charge on any atom is 0.344 e. The van der Waals surface area contributed by atoms with E-state index < -0.39 is 17.6 Å². The molecule has 2 aromatic heterocycles. The van der Waals surface area contributed by atoms with Crippen LogP contribution in [-0.4, -0.2) is 45.0 Å². The van der Waals surface area contributed by atoms with Gasteiger partial charge in [0.15, 0.2) is 10.5 Å². The van der Waals surface area contributed by atoms with Crippen molar-refractivity contribution in [1.29, 1.82) is 0 Å². The summed E-state index contributed by atoms with van der Waals surface area (Å²) in [5, 5.41) is 19.4. The average Bonchev–Trinajstić information content (AvgIpc) is 2.82. The van der Waals surface area contributed by atoms with Gasteiger partial charge in [-0.25, -0.2) is 20.1 Å². The van der Waals surface area contributed by atoms with Gasteiger partial charge in [-0.2, -0.15) is 0 Å². The lowest BCUT2D eigenvalue weighted by Crippen LogP contribution is -2.29. The van der Waals surface area contributed by atoms with Crippen LogP contribution in [0.4, 0.5) is 4.79 Å². The number of urea groups is 1. The lowest BCUT2D eigenvalue weighted by atomic mass is 10.2. The van der Waals surface area contributed by atoms with Crippen LogP contribution in [0, 0.1) is 0 Å². The lowest BCUT2D eigenvalue weighted by Gasteiger charge is -2.05. The van der Waals surface area contributed by atoms with Gasteiger partial charge in [-0.05, 0) is 31.9 Å². The number of nitrogens with one attached hydrogen (secondary N) is 2. The number of aromatic nitrogens is 2. The molecule has 1 aliphatic carbocycles. The molecule has 26 heavy (non-hydrogen) atoms. The average molecular weight is 400 g/mol. The van der Waals surface area contributed by atoms with Crippen LogP contribution >= 0.6 is 23.1 Å². The fraction of sp³-hybridized carbons (Fsp3) is 0.467. The van der Waals surface area contributed by atoms with Gasteiger partial charge in [0.05, 0.1) is 0 Å². The van der Waals surface area contributed by atoms with E-state index in [1.165, 1.54) is 44.9 Å². The number of hydrogen-bond donors (Lipinski definition) is 4. The van der Waals surface area contributed by atoms with E-state index in [0.29, 0.717) is 9.99 Å². The molecule has 0 saturated heterocycles. The van der Waals surface area contributed by atoms with Crippen molar-refractivity contribution in [3.63, 3.8) is 0 Å². The van der Waals surface area contributed by atoms with Crippen molar-refractivity contribution in [2.75, 3.05) is 13.3 Å². The highest BCUT2D eigenvalue weighted by Crippen LogP contribution is 2.29. The number of rotatable bonds is 2. The molecule has 2 amide bonds. The number of nitrogens with zero attached hydrogens (tertiary/aromatic N) is 2. The van der Waals surface area contributed by atoms with Gasteiger partial charge < -0.3 is 10.4 Å². The Labute approximate surface area is 157 Å². The Bertz CT molecular complexity index is 871. The second kappa shape index (κ2) is 9.01. The molecule has 0 fully saturated rings. The van der Waals surface area contributed by atoms with E-state index in [1.807, 2.05) is 0 Å². The van der Waals surface area contributed by atoms with Crippen LogP contribution in [0.15, 0.2) is 9.82 Å². The Morgan fingerprint density at radius 2 is 1.96 bits per heavy atom. The number of aryl methyl sites for hydroxylation is 2. The Kier molecular flexibility index (Phi) is 7.00. The first kappa shape index (κ1) is 20.2. The van der Waals surface area contributed by atoms with Crippen molar-refractivity contribution in [2.24, 2.45) is 0 Å². The molecule has 2 heterocycles. The van der Waals surface area contributed by atoms with E-state index in [9.17, 15) is 19.5 Å². The number of thioether (sulfide) groups is 1. The molecule has 4 N–H and O–H groups in total. The van der Waals surface area contributed by atoms with E-state index in [2.05, 4.69) is 10.3 Å². The summed E-state index contributed by atoms with van der Waals surface area (Å²) in [7, 11) is 1.41. The smallest absolute Gasteiger partial charge is 0.344 e. The molecule has 142 valence electrons. The number of hydrogen-bond acceptors (Lipinski definition) is 7. The van der Waals surface area contributed by atoms with Crippen LogP contribution in [0.5, 0.6) is 0 Å². The number of carbonyl (C=O) groups excluding carboxylic acids is 1. The van der Waals surface area contributed by atoms with Crippen LogP contribution < -0.4 is 16.4 Å². The third-order valence-electron chi connectivity index (χ3n) is 3.88. The first-order valence-corrected chi connectivity index (χ1v) is 9.95. The van der Waals surface area contributed by atoms with E-state index in [0.717, 1.165) is 37.8 Å². The standard InChI is InChI=1S/C13H14N2O3S2.C2H6N2O2/c1-19-10-9(12(17)18)11(16)15-7-5-3-2-4-6-8(7)20-13(15)14-10;1-3-2(5)4-6/h2-6H2,1H3,(H,17,18);6H,1H3,(H2,3,4,5). The SMILES string of the molecule is CNC(=O)NO.CSc1nc2sc3c(n2c(=O)c1C(=O)O)CCCCC3. The molecule has 9 nitrogen and oxygen atoms in total. The Hall–Kier alpha value is -2.11. The van der Waals surface area contributed by atoms with Crippen molar-refractivity contribution in [3.05, 3.63) is 26.5 Å². The van der Waals surface area contributed by atoms with Crippen LogP contribution in [-0.2, 0) is 12.8 Å². The van der Waals surface area contributed by atoms with Gasteiger partial charge in [0.25, 0.3) is 5.56 Å². The normalized spacial score (nSPS) is 13.2.